The van der Waals surface area contributed by atoms with Gasteiger partial charge in [-0.3, -0.25) is 4.79 Å². The summed E-state index contributed by atoms with van der Waals surface area (Å²) >= 11 is -1.74. The molecule has 2 radical (unpaired) electrons. The number of benzene rings is 1. The van der Waals surface area contributed by atoms with Crippen LogP contribution in [0.4, 0.5) is 11.5 Å². The monoisotopic (exact) mass is 455 g/mol. The third-order valence-corrected chi connectivity index (χ3v) is 5.76. The molecule has 2 atom stereocenters. The van der Waals surface area contributed by atoms with Gasteiger partial charge in [-0.15, -0.1) is 4.37 Å². The molecule has 1 unspecified atom stereocenters. The lowest BCUT2D eigenvalue weighted by molar-refractivity contribution is 0.0826. The second kappa shape index (κ2) is 9.21. The summed E-state index contributed by atoms with van der Waals surface area (Å²) in [6, 6.07) is 4.60. The number of carbonyl (C=O) groups excluding carboxylic acids is 1. The third kappa shape index (κ3) is 4.73. The van der Waals surface area contributed by atoms with Crippen LogP contribution < -0.4 is 16.3 Å². The summed E-state index contributed by atoms with van der Waals surface area (Å²) in [4.78, 5) is 18.4. The number of rotatable bonds is 6. The van der Waals surface area contributed by atoms with Gasteiger partial charge in [0.2, 0.25) is 11.3 Å². The average molecular weight is 455 g/mol. The Morgan fingerprint density at radius 3 is 2.62 bits per heavy atom. The number of hydrogen-bond acceptors (Lipinski definition) is 7. The number of hydrogen-bond donors (Lipinski definition) is 3. The molecular formula is C21H26BN5O4S. The first kappa shape index (κ1) is 23.6. The molecule has 32 heavy (non-hydrogen) atoms. The van der Waals surface area contributed by atoms with Crippen molar-refractivity contribution in [1.29, 1.82) is 0 Å². The highest BCUT2D eigenvalue weighted by molar-refractivity contribution is 7.13. The van der Waals surface area contributed by atoms with Gasteiger partial charge in [-0.25, -0.2) is 4.99 Å². The van der Waals surface area contributed by atoms with Crippen molar-refractivity contribution in [2.24, 2.45) is 10.9 Å². The van der Waals surface area contributed by atoms with Crippen molar-refractivity contribution in [2.45, 2.75) is 33.7 Å². The quantitative estimate of drug-likeness (QED) is 0.298. The number of furan rings is 1. The van der Waals surface area contributed by atoms with Crippen molar-refractivity contribution < 1.29 is 18.9 Å². The van der Waals surface area contributed by atoms with Crippen LogP contribution in [0.5, 0.6) is 5.75 Å². The summed E-state index contributed by atoms with van der Waals surface area (Å²) in [6.45, 7) is 7.85. The summed E-state index contributed by atoms with van der Waals surface area (Å²) in [5, 5.41) is 13.6. The molecule has 0 saturated carbocycles. The molecule has 2 aromatic heterocycles. The molecule has 1 aromatic carbocycles. The minimum atomic E-state index is -1.74. The van der Waals surface area contributed by atoms with Crippen LogP contribution in [0.15, 0.2) is 27.6 Å². The van der Waals surface area contributed by atoms with E-state index < -0.39 is 17.0 Å². The Bertz CT molecular complexity index is 1190. The molecule has 0 aliphatic carbocycles. The summed E-state index contributed by atoms with van der Waals surface area (Å²) in [6.07, 6.45) is 0. The SMILES string of the molecule is [B]c1ccc(Nc2n[s+]([O-])[nH]c2=N[C@@H](c2cc(C)c(C)o2)C(C)C)c(O)c1C(=O)N(C)C. The lowest BCUT2D eigenvalue weighted by Gasteiger charge is -2.16. The van der Waals surface area contributed by atoms with E-state index in [9.17, 15) is 14.5 Å². The Hall–Kier alpha value is -3.05. The van der Waals surface area contributed by atoms with E-state index in [-0.39, 0.29) is 45.7 Å². The number of aromatic amines is 1. The van der Waals surface area contributed by atoms with Crippen LogP contribution in [0, 0.1) is 19.8 Å². The topological polar surface area (TPSA) is 130 Å². The number of nitrogens with zero attached hydrogens (tertiary/aromatic N) is 3. The molecule has 9 nitrogen and oxygen atoms in total. The smallest absolute Gasteiger partial charge is 0.256 e. The molecule has 0 aliphatic heterocycles. The van der Waals surface area contributed by atoms with Gasteiger partial charge in [-0.05, 0) is 37.5 Å². The van der Waals surface area contributed by atoms with Gasteiger partial charge >= 0.3 is 0 Å². The molecule has 0 spiro atoms. The van der Waals surface area contributed by atoms with Crippen LogP contribution >= 0.6 is 11.1 Å². The minimum absolute atomic E-state index is 0.0345. The van der Waals surface area contributed by atoms with Gasteiger partial charge < -0.3 is 24.3 Å². The van der Waals surface area contributed by atoms with Gasteiger partial charge in [-0.1, -0.05) is 25.4 Å². The molecule has 2 heterocycles. The average Bonchev–Trinajstić information content (AvgIpc) is 3.22. The number of H-pyrrole nitrogens is 1. The number of nitrogens with one attached hydrogen (secondary N) is 2. The Balaban J connectivity index is 2.06. The number of phenolic OH excluding ortho intramolecular Hbond substituents is 1. The number of carbonyl (C=O) groups is 1. The van der Waals surface area contributed by atoms with Crippen LogP contribution in [0.2, 0.25) is 0 Å². The highest BCUT2D eigenvalue weighted by atomic mass is 32.2. The van der Waals surface area contributed by atoms with Crippen molar-refractivity contribution in [3.63, 3.8) is 0 Å². The first-order chi connectivity index (χ1) is 15.0. The molecular weight excluding hydrogens is 429 g/mol. The van der Waals surface area contributed by atoms with Crippen LogP contribution in [0.25, 0.3) is 0 Å². The zero-order valence-corrected chi connectivity index (χ0v) is 19.7. The molecule has 3 rings (SSSR count). The number of phenols is 1. The van der Waals surface area contributed by atoms with E-state index in [2.05, 4.69) is 14.1 Å². The maximum atomic E-state index is 12.4. The van der Waals surface area contributed by atoms with Gasteiger partial charge in [0.25, 0.3) is 5.91 Å². The molecule has 168 valence electrons. The lowest BCUT2D eigenvalue weighted by Crippen LogP contribution is -2.28. The van der Waals surface area contributed by atoms with Crippen molar-refractivity contribution in [1.82, 2.24) is 13.6 Å². The predicted molar refractivity (Wildman–Crippen MR) is 123 cm³/mol. The van der Waals surface area contributed by atoms with E-state index in [0.29, 0.717) is 5.76 Å². The summed E-state index contributed by atoms with van der Waals surface area (Å²) in [5.74, 6) is 0.967. The number of aromatic hydroxyl groups is 1. The van der Waals surface area contributed by atoms with E-state index in [0.717, 1.165) is 11.3 Å². The van der Waals surface area contributed by atoms with Crippen molar-refractivity contribution in [2.75, 3.05) is 19.4 Å². The minimum Gasteiger partial charge on any atom is -0.548 e. The van der Waals surface area contributed by atoms with Gasteiger partial charge in [0, 0.05) is 18.5 Å². The standard InChI is InChI=1S/C21H26BN5O4S/c1-10(2)17(15-9-11(3)12(4)31-15)24-20-19(25-32(30)26-20)23-14-8-7-13(22)16(18(14)28)21(29)27(5)6/h7-10,17,28H,1-6H3,(H,23,25)(H,24,26)/t17-,32?/m1/s1. The molecule has 0 saturated heterocycles. The van der Waals surface area contributed by atoms with Gasteiger partial charge in [0.1, 0.15) is 25.4 Å². The molecule has 0 fully saturated rings. The second-order valence-corrected chi connectivity index (χ2v) is 8.98. The fraction of sp³-hybridized carbons (Fsp3) is 0.381. The van der Waals surface area contributed by atoms with Gasteiger partial charge in [0.15, 0.2) is 16.9 Å². The summed E-state index contributed by atoms with van der Waals surface area (Å²) < 4.78 is 24.7. The van der Waals surface area contributed by atoms with Crippen LogP contribution in [0.3, 0.4) is 0 Å². The number of anilines is 2. The Morgan fingerprint density at radius 2 is 2.06 bits per heavy atom. The van der Waals surface area contributed by atoms with Gasteiger partial charge in [0.05, 0.1) is 11.3 Å². The third-order valence-electron chi connectivity index (χ3n) is 5.04. The molecule has 0 aliphatic rings. The van der Waals surface area contributed by atoms with Crippen LogP contribution in [0.1, 0.15) is 47.3 Å². The van der Waals surface area contributed by atoms with Crippen LogP contribution in [-0.4, -0.2) is 51.2 Å². The predicted octanol–water partition coefficient (Wildman–Crippen LogP) is 2.59. The van der Waals surface area contributed by atoms with Crippen molar-refractivity contribution in [3.8, 4) is 5.75 Å². The fourth-order valence-corrected chi connectivity index (χ4v) is 3.82. The maximum absolute atomic E-state index is 12.4. The van der Waals surface area contributed by atoms with E-state index in [4.69, 9.17) is 17.3 Å². The lowest BCUT2D eigenvalue weighted by atomic mass is 9.88. The van der Waals surface area contributed by atoms with E-state index in [1.807, 2.05) is 33.8 Å². The molecule has 3 aromatic rings. The highest BCUT2D eigenvalue weighted by Gasteiger charge is 2.23. The fourth-order valence-electron chi connectivity index (χ4n) is 3.16. The molecule has 0 bridgehead atoms. The summed E-state index contributed by atoms with van der Waals surface area (Å²) in [7, 11) is 9.02. The first-order valence-corrected chi connectivity index (χ1v) is 11.1. The largest absolute Gasteiger partial charge is 0.548 e. The Labute approximate surface area is 190 Å². The van der Waals surface area contributed by atoms with E-state index >= 15 is 0 Å². The number of amides is 1. The zero-order valence-electron chi connectivity index (χ0n) is 18.9. The maximum Gasteiger partial charge on any atom is 0.256 e. The van der Waals surface area contributed by atoms with Crippen molar-refractivity contribution >= 4 is 41.9 Å². The highest BCUT2D eigenvalue weighted by Crippen LogP contribution is 2.31. The second-order valence-electron chi connectivity index (χ2n) is 8.10. The van der Waals surface area contributed by atoms with Gasteiger partial charge in [-0.2, -0.15) is 0 Å². The molecule has 1 amide bonds. The molecule has 3 N–H and O–H groups in total. The summed E-state index contributed by atoms with van der Waals surface area (Å²) in [5.41, 5.74) is 1.56. The van der Waals surface area contributed by atoms with Crippen LogP contribution in [-0.2, 0) is 0 Å². The zero-order chi connectivity index (χ0) is 23.7. The first-order valence-electron chi connectivity index (χ1n) is 10.0. The molecule has 11 heteroatoms. The normalized spacial score (nSPS) is 13.5. The van der Waals surface area contributed by atoms with E-state index in [1.165, 1.54) is 17.0 Å². The number of aryl methyl sites for hydroxylation is 2. The number of aromatic nitrogens is 2. The Morgan fingerprint density at radius 1 is 1.38 bits per heavy atom. The Kier molecular flexibility index (Phi) is 6.80. The van der Waals surface area contributed by atoms with Crippen molar-refractivity contribution in [3.05, 3.63) is 46.3 Å². The van der Waals surface area contributed by atoms with E-state index in [1.54, 1.807) is 14.1 Å².